The molecule has 0 atom stereocenters. The molecule has 1 aromatic rings. The second kappa shape index (κ2) is 7.54. The third kappa shape index (κ3) is 4.10. The minimum atomic E-state index is -0.507. The molecule has 0 unspecified atom stereocenters. The minimum Gasteiger partial charge on any atom is -0.489 e. The molecule has 0 aliphatic heterocycles. The summed E-state index contributed by atoms with van der Waals surface area (Å²) in [4.78, 5) is 0. The van der Waals surface area contributed by atoms with E-state index in [9.17, 15) is 4.39 Å². The Kier molecular flexibility index (Phi) is 6.36. The first kappa shape index (κ1) is 15.2. The maximum absolute atomic E-state index is 13.8. The Bertz CT molecular complexity index is 414. The van der Waals surface area contributed by atoms with E-state index in [2.05, 4.69) is 19.6 Å². The quantitative estimate of drug-likeness (QED) is 0.607. The van der Waals surface area contributed by atoms with Crippen molar-refractivity contribution in [2.75, 3.05) is 6.61 Å². The Balaban J connectivity index is 2.81. The molecule has 0 fully saturated rings. The van der Waals surface area contributed by atoms with Gasteiger partial charge in [-0.1, -0.05) is 31.4 Å². The topological polar surface area (TPSA) is 35.2 Å². The molecule has 0 aliphatic rings. The van der Waals surface area contributed by atoms with Crippen LogP contribution >= 0.6 is 24.2 Å². The van der Waals surface area contributed by atoms with Gasteiger partial charge >= 0.3 is 0 Å². The first-order valence-electron chi connectivity index (χ1n) is 5.82. The third-order valence-corrected chi connectivity index (χ3v) is 3.02. The minimum absolute atomic E-state index is 0.0866. The van der Waals surface area contributed by atoms with Crippen LogP contribution in [0.25, 0.3) is 5.70 Å². The van der Waals surface area contributed by atoms with Gasteiger partial charge in [0.05, 0.1) is 11.6 Å². The predicted molar refractivity (Wildman–Crippen MR) is 77.6 cm³/mol. The summed E-state index contributed by atoms with van der Waals surface area (Å²) in [5, 5.41) is 1.62. The van der Waals surface area contributed by atoms with Gasteiger partial charge in [0.15, 0.2) is 11.6 Å². The Morgan fingerprint density at radius 3 is 2.78 bits per heavy atom. The van der Waals surface area contributed by atoms with Gasteiger partial charge in [-0.15, -0.1) is 12.6 Å². The van der Waals surface area contributed by atoms with E-state index in [0.29, 0.717) is 17.9 Å². The van der Waals surface area contributed by atoms with Crippen molar-refractivity contribution >= 4 is 29.9 Å². The lowest BCUT2D eigenvalue weighted by molar-refractivity contribution is 0.291. The normalized spacial score (nSPS) is 11.7. The van der Waals surface area contributed by atoms with Gasteiger partial charge in [0.2, 0.25) is 0 Å². The molecule has 0 bridgehead atoms. The molecule has 2 N–H and O–H groups in total. The van der Waals surface area contributed by atoms with Crippen LogP contribution in [0.15, 0.2) is 17.5 Å². The number of benzene rings is 1. The van der Waals surface area contributed by atoms with E-state index in [0.717, 1.165) is 19.3 Å². The molecule has 1 aromatic carbocycles. The van der Waals surface area contributed by atoms with Crippen LogP contribution in [0.1, 0.15) is 31.7 Å². The summed E-state index contributed by atoms with van der Waals surface area (Å²) in [5.41, 5.74) is 6.49. The summed E-state index contributed by atoms with van der Waals surface area (Å²) in [7, 11) is 0. The number of nitrogens with two attached hydrogens (primary N) is 1. The van der Waals surface area contributed by atoms with Crippen molar-refractivity contribution in [1.29, 1.82) is 0 Å². The fourth-order valence-electron chi connectivity index (χ4n) is 1.47. The number of rotatable bonds is 6. The van der Waals surface area contributed by atoms with Crippen LogP contribution in [0, 0.1) is 5.82 Å². The zero-order valence-electron chi connectivity index (χ0n) is 10.2. The Morgan fingerprint density at radius 2 is 2.22 bits per heavy atom. The highest BCUT2D eigenvalue weighted by Gasteiger charge is 2.12. The first-order chi connectivity index (χ1) is 8.60. The van der Waals surface area contributed by atoms with E-state index in [1.54, 1.807) is 6.07 Å². The monoisotopic (exact) mass is 289 g/mol. The van der Waals surface area contributed by atoms with Crippen LogP contribution in [0.5, 0.6) is 5.75 Å². The average Bonchev–Trinajstić information content (AvgIpc) is 2.35. The lowest BCUT2D eigenvalue weighted by Crippen LogP contribution is -2.02. The van der Waals surface area contributed by atoms with Gasteiger partial charge in [0.25, 0.3) is 0 Å². The molecule has 100 valence electrons. The average molecular weight is 290 g/mol. The number of unbranched alkanes of at least 4 members (excludes halogenated alkanes) is 2. The van der Waals surface area contributed by atoms with E-state index in [4.69, 9.17) is 22.1 Å². The summed E-state index contributed by atoms with van der Waals surface area (Å²) >= 11 is 9.89. The summed E-state index contributed by atoms with van der Waals surface area (Å²) in [6, 6.07) is 2.87. The predicted octanol–water partition coefficient (Wildman–Crippen LogP) is 4.24. The largest absolute Gasteiger partial charge is 0.489 e. The fourth-order valence-corrected chi connectivity index (χ4v) is 1.88. The van der Waals surface area contributed by atoms with Crippen LogP contribution in [0.3, 0.4) is 0 Å². The van der Waals surface area contributed by atoms with Crippen LogP contribution in [0.4, 0.5) is 4.39 Å². The zero-order valence-corrected chi connectivity index (χ0v) is 11.9. The molecule has 5 heteroatoms. The van der Waals surface area contributed by atoms with Crippen molar-refractivity contribution in [3.63, 3.8) is 0 Å². The molecule has 0 radical (unpaired) electrons. The molecule has 1 rings (SSSR count). The summed E-state index contributed by atoms with van der Waals surface area (Å²) in [5.74, 6) is -0.421. The van der Waals surface area contributed by atoms with Gasteiger partial charge in [-0.3, -0.25) is 0 Å². The molecule has 0 amide bonds. The van der Waals surface area contributed by atoms with Crippen LogP contribution in [-0.4, -0.2) is 6.61 Å². The van der Waals surface area contributed by atoms with Crippen molar-refractivity contribution < 1.29 is 9.13 Å². The molecule has 18 heavy (non-hydrogen) atoms. The Labute approximate surface area is 117 Å². The molecule has 0 aliphatic carbocycles. The summed E-state index contributed by atoms with van der Waals surface area (Å²) < 4.78 is 19.2. The standard InChI is InChI=1S/C13H17ClFNOS/c1-2-3-4-5-17-13-10(14)6-9(7-11(13)15)12(16)8-18/h6-8,18H,2-5,16H2,1H3/b12-8-. The molecule has 0 spiro atoms. The molecule has 0 aromatic heterocycles. The van der Waals surface area contributed by atoms with Gasteiger partial charge in [0.1, 0.15) is 0 Å². The highest BCUT2D eigenvalue weighted by atomic mass is 35.5. The van der Waals surface area contributed by atoms with Gasteiger partial charge < -0.3 is 10.5 Å². The Hall–Kier alpha value is -0.870. The Morgan fingerprint density at radius 1 is 1.50 bits per heavy atom. The molecule has 2 nitrogen and oxygen atoms in total. The van der Waals surface area contributed by atoms with E-state index in [1.165, 1.54) is 11.5 Å². The maximum atomic E-state index is 13.8. The highest BCUT2D eigenvalue weighted by Crippen LogP contribution is 2.31. The number of ether oxygens (including phenoxy) is 1. The van der Waals surface area contributed by atoms with Crippen molar-refractivity contribution in [2.45, 2.75) is 26.2 Å². The summed E-state index contributed by atoms with van der Waals surface area (Å²) in [6.45, 7) is 2.55. The maximum Gasteiger partial charge on any atom is 0.173 e. The number of hydrogen-bond acceptors (Lipinski definition) is 3. The van der Waals surface area contributed by atoms with E-state index < -0.39 is 5.82 Å². The SMILES string of the molecule is CCCCCOc1c(F)cc(/C(N)=C/S)cc1Cl. The first-order valence-corrected chi connectivity index (χ1v) is 6.71. The highest BCUT2D eigenvalue weighted by molar-refractivity contribution is 7.83. The second-order valence-electron chi connectivity index (χ2n) is 3.91. The van der Waals surface area contributed by atoms with Gasteiger partial charge in [-0.2, -0.15) is 0 Å². The second-order valence-corrected chi connectivity index (χ2v) is 4.57. The molecular formula is C13H17ClFNOS. The zero-order chi connectivity index (χ0) is 13.5. The van der Waals surface area contributed by atoms with Gasteiger partial charge in [-0.25, -0.2) is 4.39 Å². The van der Waals surface area contributed by atoms with E-state index in [1.807, 2.05) is 0 Å². The third-order valence-electron chi connectivity index (χ3n) is 2.46. The van der Waals surface area contributed by atoms with Crippen molar-refractivity contribution in [1.82, 2.24) is 0 Å². The van der Waals surface area contributed by atoms with Crippen LogP contribution in [-0.2, 0) is 0 Å². The van der Waals surface area contributed by atoms with Crippen LogP contribution < -0.4 is 10.5 Å². The van der Waals surface area contributed by atoms with Crippen molar-refractivity contribution in [3.8, 4) is 5.75 Å². The van der Waals surface area contributed by atoms with Crippen molar-refractivity contribution in [2.24, 2.45) is 5.73 Å². The fraction of sp³-hybridized carbons (Fsp3) is 0.385. The summed E-state index contributed by atoms with van der Waals surface area (Å²) in [6.07, 6.45) is 3.02. The smallest absolute Gasteiger partial charge is 0.173 e. The van der Waals surface area contributed by atoms with Gasteiger partial charge in [-0.05, 0) is 24.0 Å². The molecular weight excluding hydrogens is 273 g/mol. The number of hydrogen-bond donors (Lipinski definition) is 2. The lowest BCUT2D eigenvalue weighted by atomic mass is 10.1. The van der Waals surface area contributed by atoms with Crippen LogP contribution in [0.2, 0.25) is 5.02 Å². The van der Waals surface area contributed by atoms with E-state index in [-0.39, 0.29) is 10.8 Å². The molecule has 0 heterocycles. The number of halogens is 2. The van der Waals surface area contributed by atoms with Gasteiger partial charge in [0, 0.05) is 11.3 Å². The number of thiol groups is 1. The lowest BCUT2D eigenvalue weighted by Gasteiger charge is -2.11. The molecule has 0 saturated heterocycles. The van der Waals surface area contributed by atoms with Crippen molar-refractivity contribution in [3.05, 3.63) is 33.9 Å². The molecule has 0 saturated carbocycles. The van der Waals surface area contributed by atoms with E-state index >= 15 is 0 Å².